The van der Waals surface area contributed by atoms with E-state index in [0.717, 1.165) is 16.7 Å². The highest BCUT2D eigenvalue weighted by Gasteiger charge is 2.24. The van der Waals surface area contributed by atoms with Crippen molar-refractivity contribution in [3.8, 4) is 5.75 Å². The third kappa shape index (κ3) is 6.66. The topological polar surface area (TPSA) is 96.5 Å². The number of hydrogen-bond acceptors (Lipinski definition) is 5. The first-order valence-corrected chi connectivity index (χ1v) is 11.4. The van der Waals surface area contributed by atoms with E-state index in [1.165, 1.54) is 11.3 Å². The standard InChI is InChI=1S/C25H27N3O4S/c1-16-9-7-12-21(17(16)2)32-18(3)23(29)27-28-24(30)20(15-19-10-5-4-6-11-19)26-25(31)22-13-8-14-33-22/h4-14,18,20H,15H2,1-3H3,(H,26,31)(H,27,29)(H,28,30). The van der Waals surface area contributed by atoms with Crippen molar-refractivity contribution >= 4 is 29.1 Å². The van der Waals surface area contributed by atoms with Crippen LogP contribution in [-0.4, -0.2) is 29.9 Å². The number of amides is 3. The fourth-order valence-electron chi connectivity index (χ4n) is 3.10. The van der Waals surface area contributed by atoms with E-state index in [1.54, 1.807) is 30.5 Å². The van der Waals surface area contributed by atoms with E-state index in [2.05, 4.69) is 16.2 Å². The van der Waals surface area contributed by atoms with Gasteiger partial charge in [0.2, 0.25) is 0 Å². The Morgan fingerprint density at radius 1 is 0.909 bits per heavy atom. The Labute approximate surface area is 197 Å². The summed E-state index contributed by atoms with van der Waals surface area (Å²) in [4.78, 5) is 38.4. The van der Waals surface area contributed by atoms with Crippen LogP contribution in [-0.2, 0) is 16.0 Å². The van der Waals surface area contributed by atoms with E-state index in [-0.39, 0.29) is 12.3 Å². The first-order valence-electron chi connectivity index (χ1n) is 10.6. The Bertz CT molecular complexity index is 1100. The van der Waals surface area contributed by atoms with Gasteiger partial charge in [0.05, 0.1) is 4.88 Å². The van der Waals surface area contributed by atoms with E-state index in [0.29, 0.717) is 10.6 Å². The van der Waals surface area contributed by atoms with Gasteiger partial charge in [0.15, 0.2) is 6.10 Å². The zero-order chi connectivity index (χ0) is 23.8. The van der Waals surface area contributed by atoms with Crippen LogP contribution in [0.25, 0.3) is 0 Å². The van der Waals surface area contributed by atoms with Crippen LogP contribution in [0.2, 0.25) is 0 Å². The summed E-state index contributed by atoms with van der Waals surface area (Å²) in [6.07, 6.45) is -0.562. The lowest BCUT2D eigenvalue weighted by atomic mass is 10.1. The molecule has 3 rings (SSSR count). The number of carbonyl (C=O) groups excluding carboxylic acids is 3. The number of benzene rings is 2. The van der Waals surface area contributed by atoms with Gasteiger partial charge < -0.3 is 10.1 Å². The predicted molar refractivity (Wildman–Crippen MR) is 128 cm³/mol. The minimum Gasteiger partial charge on any atom is -0.481 e. The normalized spacial score (nSPS) is 12.3. The highest BCUT2D eigenvalue weighted by atomic mass is 32.1. The van der Waals surface area contributed by atoms with Gasteiger partial charge in [-0.2, -0.15) is 0 Å². The summed E-state index contributed by atoms with van der Waals surface area (Å²) < 4.78 is 5.76. The van der Waals surface area contributed by atoms with Crippen molar-refractivity contribution in [3.05, 3.63) is 87.6 Å². The minimum absolute atomic E-state index is 0.272. The second-order valence-electron chi connectivity index (χ2n) is 7.63. The summed E-state index contributed by atoms with van der Waals surface area (Å²) in [6.45, 7) is 5.48. The van der Waals surface area contributed by atoms with Gasteiger partial charge in [0, 0.05) is 6.42 Å². The van der Waals surface area contributed by atoms with Gasteiger partial charge >= 0.3 is 0 Å². The molecule has 0 radical (unpaired) electrons. The monoisotopic (exact) mass is 465 g/mol. The molecule has 0 bridgehead atoms. The van der Waals surface area contributed by atoms with Gasteiger partial charge in [-0.3, -0.25) is 25.2 Å². The van der Waals surface area contributed by atoms with Gasteiger partial charge in [-0.05, 0) is 55.0 Å². The molecule has 0 saturated heterocycles. The summed E-state index contributed by atoms with van der Waals surface area (Å²) >= 11 is 1.29. The van der Waals surface area contributed by atoms with Crippen LogP contribution in [0.3, 0.4) is 0 Å². The largest absolute Gasteiger partial charge is 0.481 e. The lowest BCUT2D eigenvalue weighted by Crippen LogP contribution is -2.55. The van der Waals surface area contributed by atoms with Gasteiger partial charge in [0.25, 0.3) is 17.7 Å². The van der Waals surface area contributed by atoms with Crippen molar-refractivity contribution in [2.45, 2.75) is 39.3 Å². The van der Waals surface area contributed by atoms with E-state index < -0.39 is 24.0 Å². The quantitative estimate of drug-likeness (QED) is 0.445. The number of hydrazine groups is 1. The highest BCUT2D eigenvalue weighted by Crippen LogP contribution is 2.21. The number of rotatable bonds is 8. The Balaban J connectivity index is 1.62. The molecule has 1 aromatic heterocycles. The molecule has 0 aliphatic rings. The van der Waals surface area contributed by atoms with E-state index in [9.17, 15) is 14.4 Å². The van der Waals surface area contributed by atoms with Gasteiger partial charge in [-0.1, -0.05) is 48.5 Å². The van der Waals surface area contributed by atoms with Crippen molar-refractivity contribution in [3.63, 3.8) is 0 Å². The van der Waals surface area contributed by atoms with E-state index in [1.807, 2.05) is 56.3 Å². The molecule has 1 heterocycles. The number of thiophene rings is 1. The van der Waals surface area contributed by atoms with Crippen molar-refractivity contribution < 1.29 is 19.1 Å². The smallest absolute Gasteiger partial charge is 0.279 e. The van der Waals surface area contributed by atoms with Crippen LogP contribution in [0.15, 0.2) is 66.0 Å². The molecule has 3 aromatic rings. The molecule has 7 nitrogen and oxygen atoms in total. The Morgan fingerprint density at radius 3 is 2.33 bits per heavy atom. The van der Waals surface area contributed by atoms with Crippen molar-refractivity contribution in [2.24, 2.45) is 0 Å². The number of nitrogens with one attached hydrogen (secondary N) is 3. The van der Waals surface area contributed by atoms with Crippen molar-refractivity contribution in [1.29, 1.82) is 0 Å². The molecule has 33 heavy (non-hydrogen) atoms. The molecule has 2 atom stereocenters. The zero-order valence-electron chi connectivity index (χ0n) is 18.8. The minimum atomic E-state index is -0.877. The second kappa shape index (κ2) is 11.3. The molecule has 172 valence electrons. The zero-order valence-corrected chi connectivity index (χ0v) is 19.6. The maximum absolute atomic E-state index is 12.9. The first-order chi connectivity index (χ1) is 15.8. The molecule has 3 amide bonds. The third-order valence-electron chi connectivity index (χ3n) is 5.19. The Kier molecular flexibility index (Phi) is 8.21. The lowest BCUT2D eigenvalue weighted by molar-refractivity contribution is -0.133. The molecule has 0 fully saturated rings. The Morgan fingerprint density at radius 2 is 1.64 bits per heavy atom. The van der Waals surface area contributed by atoms with Crippen LogP contribution < -0.4 is 20.9 Å². The number of hydrogen-bond donors (Lipinski definition) is 3. The van der Waals surface area contributed by atoms with Gasteiger partial charge in [-0.25, -0.2) is 0 Å². The van der Waals surface area contributed by atoms with Crippen molar-refractivity contribution in [1.82, 2.24) is 16.2 Å². The number of carbonyl (C=O) groups is 3. The van der Waals surface area contributed by atoms with Crippen LogP contribution in [0.5, 0.6) is 5.75 Å². The molecule has 2 unspecified atom stereocenters. The summed E-state index contributed by atoms with van der Waals surface area (Å²) in [5.74, 6) is -0.781. The SMILES string of the molecule is Cc1cccc(OC(C)C(=O)NNC(=O)C(Cc2ccccc2)NC(=O)c2cccs2)c1C. The van der Waals surface area contributed by atoms with Gasteiger partial charge in [-0.15, -0.1) is 11.3 Å². The van der Waals surface area contributed by atoms with Crippen molar-refractivity contribution in [2.75, 3.05) is 0 Å². The predicted octanol–water partition coefficient (Wildman–Crippen LogP) is 3.32. The third-order valence-corrected chi connectivity index (χ3v) is 6.05. The lowest BCUT2D eigenvalue weighted by Gasteiger charge is -2.20. The summed E-state index contributed by atoms with van der Waals surface area (Å²) in [6, 6.07) is 17.5. The van der Waals surface area contributed by atoms with Crippen LogP contribution >= 0.6 is 11.3 Å². The van der Waals surface area contributed by atoms with Crippen LogP contribution in [0, 0.1) is 13.8 Å². The first kappa shape index (κ1) is 24.0. The summed E-state index contributed by atoms with van der Waals surface area (Å²) in [7, 11) is 0. The average molecular weight is 466 g/mol. The number of ether oxygens (including phenoxy) is 1. The fraction of sp³-hybridized carbons (Fsp3) is 0.240. The van der Waals surface area contributed by atoms with Gasteiger partial charge in [0.1, 0.15) is 11.8 Å². The maximum Gasteiger partial charge on any atom is 0.279 e. The maximum atomic E-state index is 12.9. The van der Waals surface area contributed by atoms with E-state index in [4.69, 9.17) is 4.74 Å². The molecule has 0 spiro atoms. The molecule has 0 aliphatic carbocycles. The summed E-state index contributed by atoms with van der Waals surface area (Å²) in [5.41, 5.74) is 7.69. The fourth-order valence-corrected chi connectivity index (χ4v) is 3.73. The highest BCUT2D eigenvalue weighted by molar-refractivity contribution is 7.12. The molecular formula is C25H27N3O4S. The summed E-state index contributed by atoms with van der Waals surface area (Å²) in [5, 5.41) is 4.54. The molecule has 0 aliphatic heterocycles. The molecule has 2 aromatic carbocycles. The Hall–Kier alpha value is -3.65. The molecule has 8 heteroatoms. The number of aryl methyl sites for hydroxylation is 1. The average Bonchev–Trinajstić information content (AvgIpc) is 3.35. The molecule has 3 N–H and O–H groups in total. The molecular weight excluding hydrogens is 438 g/mol. The van der Waals surface area contributed by atoms with E-state index >= 15 is 0 Å². The second-order valence-corrected chi connectivity index (χ2v) is 8.58. The molecule has 0 saturated carbocycles. The van der Waals surface area contributed by atoms with Crippen LogP contribution in [0.1, 0.15) is 33.3 Å². The van der Waals surface area contributed by atoms with Crippen LogP contribution in [0.4, 0.5) is 0 Å².